The van der Waals surface area contributed by atoms with E-state index in [1.54, 1.807) is 24.3 Å². The molecule has 0 saturated heterocycles. The summed E-state index contributed by atoms with van der Waals surface area (Å²) in [4.78, 5) is 22.8. The van der Waals surface area contributed by atoms with E-state index in [1.165, 1.54) is 6.07 Å². The summed E-state index contributed by atoms with van der Waals surface area (Å²) in [7, 11) is 0. The molecule has 0 saturated carbocycles. The fourth-order valence-corrected chi connectivity index (χ4v) is 1.86. The van der Waals surface area contributed by atoms with Crippen molar-refractivity contribution >= 4 is 12.1 Å². The monoisotopic (exact) mass is 351 g/mol. The van der Waals surface area contributed by atoms with Gasteiger partial charge in [0, 0.05) is 0 Å². The summed E-state index contributed by atoms with van der Waals surface area (Å²) in [6.45, 7) is -0.483. The standard InChI is InChI=1S/C17H15F2NO5/c18-12-7-4-8-13(15(12)19)25-14(16(21)22)9-20-17(23)24-10-11-5-2-1-3-6-11/h1-8,14H,9-10H2,(H,20,23)(H,21,22). The van der Waals surface area contributed by atoms with Crippen LogP contribution in [0.2, 0.25) is 0 Å². The van der Waals surface area contributed by atoms with Gasteiger partial charge in [0.25, 0.3) is 0 Å². The van der Waals surface area contributed by atoms with E-state index in [0.717, 1.165) is 17.7 Å². The highest BCUT2D eigenvalue weighted by atomic mass is 19.2. The van der Waals surface area contributed by atoms with E-state index >= 15 is 0 Å². The Hall–Kier alpha value is -3.16. The van der Waals surface area contributed by atoms with Crippen molar-refractivity contribution < 1.29 is 33.0 Å². The van der Waals surface area contributed by atoms with Crippen molar-refractivity contribution in [1.29, 1.82) is 0 Å². The summed E-state index contributed by atoms with van der Waals surface area (Å²) < 4.78 is 36.5. The molecule has 8 heteroatoms. The van der Waals surface area contributed by atoms with E-state index in [4.69, 9.17) is 14.6 Å². The molecule has 0 radical (unpaired) electrons. The minimum absolute atomic E-state index is 0.00376. The lowest BCUT2D eigenvalue weighted by molar-refractivity contribution is -0.144. The van der Waals surface area contributed by atoms with Crippen molar-refractivity contribution in [3.05, 3.63) is 65.7 Å². The molecule has 2 rings (SSSR count). The first-order valence-corrected chi connectivity index (χ1v) is 7.25. The summed E-state index contributed by atoms with van der Waals surface area (Å²) in [5, 5.41) is 11.3. The Labute approximate surface area is 142 Å². The van der Waals surface area contributed by atoms with E-state index in [9.17, 15) is 18.4 Å². The number of hydrogen-bond donors (Lipinski definition) is 2. The molecule has 2 aromatic rings. The Bertz CT molecular complexity index is 739. The predicted octanol–water partition coefficient (Wildman–Crippen LogP) is 2.72. The lowest BCUT2D eigenvalue weighted by Crippen LogP contribution is -2.40. The largest absolute Gasteiger partial charge is 0.478 e. The number of hydrogen-bond acceptors (Lipinski definition) is 4. The zero-order valence-corrected chi connectivity index (χ0v) is 12.9. The van der Waals surface area contributed by atoms with Crippen molar-refractivity contribution in [3.8, 4) is 5.75 Å². The van der Waals surface area contributed by atoms with Gasteiger partial charge in [0.2, 0.25) is 11.9 Å². The number of carboxylic acids is 1. The molecule has 0 aliphatic heterocycles. The lowest BCUT2D eigenvalue weighted by atomic mass is 10.2. The Kier molecular flexibility index (Phi) is 6.27. The molecule has 2 aromatic carbocycles. The number of halogens is 2. The van der Waals surface area contributed by atoms with Gasteiger partial charge >= 0.3 is 12.1 Å². The Morgan fingerprint density at radius 3 is 2.48 bits per heavy atom. The van der Waals surface area contributed by atoms with Gasteiger partial charge in [-0.3, -0.25) is 0 Å². The number of aliphatic carboxylic acids is 1. The van der Waals surface area contributed by atoms with Gasteiger partial charge in [-0.05, 0) is 17.7 Å². The number of rotatable bonds is 7. The smallest absolute Gasteiger partial charge is 0.407 e. The molecule has 0 aliphatic carbocycles. The third-order valence-corrected chi connectivity index (χ3v) is 3.11. The van der Waals surface area contributed by atoms with Crippen LogP contribution in [0.1, 0.15) is 5.56 Å². The van der Waals surface area contributed by atoms with Crippen LogP contribution in [-0.4, -0.2) is 29.8 Å². The highest BCUT2D eigenvalue weighted by molar-refractivity contribution is 5.74. The number of carbonyl (C=O) groups excluding carboxylic acids is 1. The summed E-state index contributed by atoms with van der Waals surface area (Å²) >= 11 is 0. The molecule has 1 unspecified atom stereocenters. The third kappa shape index (κ3) is 5.45. The number of nitrogens with one attached hydrogen (secondary N) is 1. The molecule has 0 spiro atoms. The molecule has 1 amide bonds. The van der Waals surface area contributed by atoms with E-state index in [2.05, 4.69) is 5.32 Å². The van der Waals surface area contributed by atoms with Crippen molar-refractivity contribution in [2.45, 2.75) is 12.7 Å². The van der Waals surface area contributed by atoms with Gasteiger partial charge in [-0.2, -0.15) is 4.39 Å². The number of ether oxygens (including phenoxy) is 2. The molecule has 0 bridgehead atoms. The van der Waals surface area contributed by atoms with E-state index < -0.39 is 42.1 Å². The molecule has 6 nitrogen and oxygen atoms in total. The zero-order chi connectivity index (χ0) is 18.2. The molecule has 0 fully saturated rings. The maximum absolute atomic E-state index is 13.5. The first-order chi connectivity index (χ1) is 12.0. The van der Waals surface area contributed by atoms with Gasteiger partial charge in [-0.25, -0.2) is 14.0 Å². The number of carbonyl (C=O) groups is 2. The fourth-order valence-electron chi connectivity index (χ4n) is 1.86. The van der Waals surface area contributed by atoms with Crippen LogP contribution in [0.25, 0.3) is 0 Å². The Morgan fingerprint density at radius 2 is 1.80 bits per heavy atom. The molecule has 2 N–H and O–H groups in total. The molecule has 1 atom stereocenters. The summed E-state index contributed by atoms with van der Waals surface area (Å²) in [5.41, 5.74) is 0.755. The second kappa shape index (κ2) is 8.62. The summed E-state index contributed by atoms with van der Waals surface area (Å²) in [6, 6.07) is 12.0. The second-order valence-electron chi connectivity index (χ2n) is 4.94. The quantitative estimate of drug-likeness (QED) is 0.801. The van der Waals surface area contributed by atoms with Gasteiger partial charge in [0.05, 0.1) is 6.54 Å². The molecular formula is C17H15F2NO5. The van der Waals surface area contributed by atoms with Crippen molar-refractivity contribution in [2.24, 2.45) is 0 Å². The Balaban J connectivity index is 1.88. The van der Waals surface area contributed by atoms with Crippen LogP contribution in [0.5, 0.6) is 5.75 Å². The first-order valence-electron chi connectivity index (χ1n) is 7.25. The topological polar surface area (TPSA) is 84.9 Å². The number of amides is 1. The molecule has 0 aromatic heterocycles. The van der Waals surface area contributed by atoms with E-state index in [0.29, 0.717) is 0 Å². The predicted molar refractivity (Wildman–Crippen MR) is 83.0 cm³/mol. The lowest BCUT2D eigenvalue weighted by Gasteiger charge is -2.16. The third-order valence-electron chi connectivity index (χ3n) is 3.11. The SMILES string of the molecule is O=C(NCC(Oc1cccc(F)c1F)C(=O)O)OCc1ccccc1. The van der Waals surface area contributed by atoms with Crippen molar-refractivity contribution in [2.75, 3.05) is 6.54 Å². The maximum Gasteiger partial charge on any atom is 0.407 e. The van der Waals surface area contributed by atoms with Crippen molar-refractivity contribution in [3.63, 3.8) is 0 Å². The maximum atomic E-state index is 13.5. The van der Waals surface area contributed by atoms with Gasteiger partial charge in [-0.15, -0.1) is 0 Å². The first kappa shape index (κ1) is 18.2. The van der Waals surface area contributed by atoms with Gasteiger partial charge in [0.1, 0.15) is 6.61 Å². The van der Waals surface area contributed by atoms with Crippen LogP contribution in [0.3, 0.4) is 0 Å². The van der Waals surface area contributed by atoms with E-state index in [1.807, 2.05) is 6.07 Å². The molecule has 25 heavy (non-hydrogen) atoms. The van der Waals surface area contributed by atoms with Crippen LogP contribution >= 0.6 is 0 Å². The highest BCUT2D eigenvalue weighted by Gasteiger charge is 2.23. The van der Waals surface area contributed by atoms with E-state index in [-0.39, 0.29) is 6.61 Å². The minimum atomic E-state index is -1.61. The Morgan fingerprint density at radius 1 is 1.08 bits per heavy atom. The van der Waals surface area contributed by atoms with Crippen LogP contribution in [-0.2, 0) is 16.1 Å². The average molecular weight is 351 g/mol. The van der Waals surface area contributed by atoms with Crippen molar-refractivity contribution in [1.82, 2.24) is 5.32 Å². The summed E-state index contributed by atoms with van der Waals surface area (Å²) in [5.74, 6) is -4.49. The zero-order valence-electron chi connectivity index (χ0n) is 12.9. The molecule has 0 heterocycles. The molecule has 132 valence electrons. The van der Waals surface area contributed by atoms with Gasteiger partial charge < -0.3 is 19.9 Å². The van der Waals surface area contributed by atoms with Gasteiger partial charge in [0.15, 0.2) is 11.6 Å². The normalized spacial score (nSPS) is 11.4. The highest BCUT2D eigenvalue weighted by Crippen LogP contribution is 2.20. The van der Waals surface area contributed by atoms with Crippen LogP contribution in [0.4, 0.5) is 13.6 Å². The van der Waals surface area contributed by atoms with Crippen LogP contribution < -0.4 is 10.1 Å². The summed E-state index contributed by atoms with van der Waals surface area (Å²) in [6.07, 6.45) is -2.47. The fraction of sp³-hybridized carbons (Fsp3) is 0.176. The second-order valence-corrected chi connectivity index (χ2v) is 4.94. The minimum Gasteiger partial charge on any atom is -0.478 e. The van der Waals surface area contributed by atoms with Crippen LogP contribution in [0, 0.1) is 11.6 Å². The van der Waals surface area contributed by atoms with Crippen LogP contribution in [0.15, 0.2) is 48.5 Å². The number of benzene rings is 2. The number of carboxylic acid groups (broad SMARTS) is 1. The molecule has 0 aliphatic rings. The molecular weight excluding hydrogens is 336 g/mol. The van der Waals surface area contributed by atoms with Gasteiger partial charge in [-0.1, -0.05) is 36.4 Å². The average Bonchev–Trinajstić information content (AvgIpc) is 2.61. The number of alkyl carbamates (subject to hydrolysis) is 1.